The zero-order valence-corrected chi connectivity index (χ0v) is 14.5. The summed E-state index contributed by atoms with van der Waals surface area (Å²) in [7, 11) is 2.08. The molecule has 0 saturated heterocycles. The fraction of sp³-hybridized carbons (Fsp3) is 0.538. The minimum Gasteiger partial charge on any atom is -0.326 e. The predicted molar refractivity (Wildman–Crippen MR) is 85.0 cm³/mol. The Morgan fingerprint density at radius 2 is 1.85 bits per heavy atom. The van der Waals surface area contributed by atoms with Gasteiger partial charge in [-0.05, 0) is 60.7 Å². The van der Waals surface area contributed by atoms with Gasteiger partial charge in [-0.1, -0.05) is 6.07 Å². The van der Waals surface area contributed by atoms with Gasteiger partial charge in [0, 0.05) is 24.6 Å². The van der Waals surface area contributed by atoms with E-state index in [0.29, 0.717) is 17.6 Å². The highest BCUT2D eigenvalue weighted by Crippen LogP contribution is 2.25. The lowest BCUT2D eigenvalue weighted by Gasteiger charge is -2.19. The van der Waals surface area contributed by atoms with Crippen LogP contribution in [-0.4, -0.2) is 51.9 Å². The van der Waals surface area contributed by atoms with Gasteiger partial charge in [-0.3, -0.25) is 0 Å². The molecule has 0 radical (unpaired) electrons. The van der Waals surface area contributed by atoms with Gasteiger partial charge in [0.1, 0.15) is 0 Å². The molecule has 0 heterocycles. The third-order valence-electron chi connectivity index (χ3n) is 3.00. The summed E-state index contributed by atoms with van der Waals surface area (Å²) in [4.78, 5) is 2.31. The summed E-state index contributed by atoms with van der Waals surface area (Å²) in [6.07, 6.45) is 0.793. The molecule has 2 N–H and O–H groups in total. The number of hydrogen-bond acceptors (Lipinski definition) is 4. The van der Waals surface area contributed by atoms with Gasteiger partial charge in [0.15, 0.2) is 0 Å². The molecule has 0 aliphatic heterocycles. The number of rotatable bonds is 7. The van der Waals surface area contributed by atoms with E-state index in [1.54, 1.807) is 25.2 Å². The Hall–Kier alpha value is -0.470. The number of halogens is 1. The van der Waals surface area contributed by atoms with E-state index in [-0.39, 0.29) is 4.90 Å². The summed E-state index contributed by atoms with van der Waals surface area (Å²) in [5.41, 5.74) is 6.44. The monoisotopic (exact) mass is 363 g/mol. The molecule has 0 aromatic heterocycles. The van der Waals surface area contributed by atoms with Crippen LogP contribution in [0.4, 0.5) is 0 Å². The summed E-state index contributed by atoms with van der Waals surface area (Å²) in [6.45, 7) is 1.73. The molecular formula is C13H22BrN3O2S. The third-order valence-corrected chi connectivity index (χ3v) is 5.83. The van der Waals surface area contributed by atoms with Gasteiger partial charge in [0.2, 0.25) is 10.0 Å². The molecule has 0 atom stereocenters. The van der Waals surface area contributed by atoms with Crippen molar-refractivity contribution in [3.8, 4) is 0 Å². The van der Waals surface area contributed by atoms with Gasteiger partial charge in [0.05, 0.1) is 4.90 Å². The lowest BCUT2D eigenvalue weighted by atomic mass is 10.2. The third kappa shape index (κ3) is 4.53. The van der Waals surface area contributed by atoms with Gasteiger partial charge >= 0.3 is 0 Å². The first-order valence-corrected chi connectivity index (χ1v) is 8.62. The number of hydrogen-bond donors (Lipinski definition) is 1. The highest BCUT2D eigenvalue weighted by Gasteiger charge is 2.23. The minimum atomic E-state index is -3.47. The van der Waals surface area contributed by atoms with Crippen molar-refractivity contribution in [2.45, 2.75) is 17.9 Å². The maximum absolute atomic E-state index is 12.5. The van der Waals surface area contributed by atoms with Crippen LogP contribution < -0.4 is 5.73 Å². The predicted octanol–water partition coefficient (Wildman–Crippen LogP) is 1.48. The average Bonchev–Trinajstić information content (AvgIpc) is 2.37. The van der Waals surface area contributed by atoms with E-state index < -0.39 is 10.0 Å². The number of nitrogens with two attached hydrogens (primary N) is 1. The molecule has 0 aliphatic rings. The number of benzene rings is 1. The smallest absolute Gasteiger partial charge is 0.243 e. The lowest BCUT2D eigenvalue weighted by Crippen LogP contribution is -2.30. The summed E-state index contributed by atoms with van der Waals surface area (Å²) in [5.74, 6) is 0. The standard InChI is InChI=1S/C13H22BrN3O2S/c1-16(2)7-4-8-17(3)20(18,19)13-6-5-11(10-15)9-12(13)14/h5-6,9H,4,7-8,10,15H2,1-3H3. The van der Waals surface area contributed by atoms with Crippen LogP contribution in [-0.2, 0) is 16.6 Å². The molecule has 114 valence electrons. The van der Waals surface area contributed by atoms with Crippen LogP contribution in [0.3, 0.4) is 0 Å². The summed E-state index contributed by atoms with van der Waals surface area (Å²) >= 11 is 3.31. The maximum atomic E-state index is 12.5. The number of sulfonamides is 1. The van der Waals surface area contributed by atoms with Crippen LogP contribution in [0.5, 0.6) is 0 Å². The second-order valence-electron chi connectivity index (χ2n) is 4.95. The molecule has 0 aliphatic carbocycles. The summed E-state index contributed by atoms with van der Waals surface area (Å²) in [6, 6.07) is 5.09. The van der Waals surface area contributed by atoms with E-state index in [4.69, 9.17) is 5.73 Å². The molecule has 0 spiro atoms. The molecule has 1 rings (SSSR count). The molecule has 0 saturated carbocycles. The zero-order valence-electron chi connectivity index (χ0n) is 12.1. The first kappa shape index (κ1) is 17.6. The lowest BCUT2D eigenvalue weighted by molar-refractivity contribution is 0.370. The highest BCUT2D eigenvalue weighted by molar-refractivity contribution is 9.10. The first-order valence-electron chi connectivity index (χ1n) is 6.38. The van der Waals surface area contributed by atoms with Gasteiger partial charge < -0.3 is 10.6 Å². The fourth-order valence-corrected chi connectivity index (χ4v) is 4.07. The first-order chi connectivity index (χ1) is 9.28. The Bertz CT molecular complexity index is 547. The van der Waals surface area contributed by atoms with Crippen molar-refractivity contribution in [1.82, 2.24) is 9.21 Å². The Labute approximate surface area is 129 Å². The molecule has 0 amide bonds. The van der Waals surface area contributed by atoms with E-state index >= 15 is 0 Å². The molecule has 7 heteroatoms. The average molecular weight is 364 g/mol. The van der Waals surface area contributed by atoms with E-state index in [1.807, 2.05) is 19.0 Å². The molecule has 5 nitrogen and oxygen atoms in total. The molecular weight excluding hydrogens is 342 g/mol. The van der Waals surface area contributed by atoms with E-state index in [2.05, 4.69) is 15.9 Å². The second kappa shape index (κ2) is 7.51. The van der Waals surface area contributed by atoms with E-state index in [1.165, 1.54) is 4.31 Å². The van der Waals surface area contributed by atoms with Crippen molar-refractivity contribution in [1.29, 1.82) is 0 Å². The van der Waals surface area contributed by atoms with Crippen molar-refractivity contribution in [2.24, 2.45) is 5.73 Å². The Morgan fingerprint density at radius 3 is 2.35 bits per heavy atom. The molecule has 0 unspecified atom stereocenters. The normalized spacial score (nSPS) is 12.3. The van der Waals surface area contributed by atoms with Crippen LogP contribution in [0.15, 0.2) is 27.6 Å². The minimum absolute atomic E-state index is 0.280. The largest absolute Gasteiger partial charge is 0.326 e. The Kier molecular flexibility index (Phi) is 6.60. The van der Waals surface area contributed by atoms with Crippen LogP contribution in [0.25, 0.3) is 0 Å². The van der Waals surface area contributed by atoms with Crippen molar-refractivity contribution >= 4 is 26.0 Å². The highest BCUT2D eigenvalue weighted by atomic mass is 79.9. The maximum Gasteiger partial charge on any atom is 0.243 e. The SMILES string of the molecule is CN(C)CCCN(C)S(=O)(=O)c1ccc(CN)cc1Br. The summed E-state index contributed by atoms with van der Waals surface area (Å²) in [5, 5.41) is 0. The van der Waals surface area contributed by atoms with Crippen LogP contribution in [0.1, 0.15) is 12.0 Å². The van der Waals surface area contributed by atoms with Crippen LogP contribution in [0.2, 0.25) is 0 Å². The Balaban J connectivity index is 2.87. The zero-order chi connectivity index (χ0) is 15.3. The van der Waals surface area contributed by atoms with Gasteiger partial charge in [-0.2, -0.15) is 0 Å². The molecule has 1 aromatic rings. The quantitative estimate of drug-likeness (QED) is 0.796. The molecule has 0 bridgehead atoms. The molecule has 1 aromatic carbocycles. The van der Waals surface area contributed by atoms with Crippen molar-refractivity contribution in [2.75, 3.05) is 34.2 Å². The fourth-order valence-electron chi connectivity index (χ4n) is 1.78. The molecule has 0 fully saturated rings. The van der Waals surface area contributed by atoms with Gasteiger partial charge in [-0.15, -0.1) is 0 Å². The second-order valence-corrected chi connectivity index (χ2v) is 7.82. The topological polar surface area (TPSA) is 66.6 Å². The van der Waals surface area contributed by atoms with Gasteiger partial charge in [-0.25, -0.2) is 12.7 Å². The summed E-state index contributed by atoms with van der Waals surface area (Å²) < 4.78 is 26.9. The van der Waals surface area contributed by atoms with Crippen LogP contribution >= 0.6 is 15.9 Å². The van der Waals surface area contributed by atoms with Gasteiger partial charge in [0.25, 0.3) is 0 Å². The van der Waals surface area contributed by atoms with E-state index in [9.17, 15) is 8.42 Å². The van der Waals surface area contributed by atoms with Crippen molar-refractivity contribution in [3.63, 3.8) is 0 Å². The molecule has 20 heavy (non-hydrogen) atoms. The van der Waals surface area contributed by atoms with E-state index in [0.717, 1.165) is 18.5 Å². The Morgan fingerprint density at radius 1 is 1.20 bits per heavy atom. The van der Waals surface area contributed by atoms with Crippen molar-refractivity contribution in [3.05, 3.63) is 28.2 Å². The van der Waals surface area contributed by atoms with Crippen molar-refractivity contribution < 1.29 is 8.42 Å². The van der Waals surface area contributed by atoms with Crippen LogP contribution in [0, 0.1) is 0 Å². The number of nitrogens with zero attached hydrogens (tertiary/aromatic N) is 2.